The van der Waals surface area contributed by atoms with Crippen molar-refractivity contribution in [1.29, 1.82) is 0 Å². The van der Waals surface area contributed by atoms with Gasteiger partial charge in [-0.15, -0.1) is 0 Å². The number of aryl methyl sites for hydroxylation is 1. The summed E-state index contributed by atoms with van der Waals surface area (Å²) in [7, 11) is -3.72. The molecule has 1 heterocycles. The number of carbonyl (C=O) groups excluding carboxylic acids is 1. The number of anilines is 1. The first-order valence-electron chi connectivity index (χ1n) is 7.94. The van der Waals surface area contributed by atoms with Gasteiger partial charge in [-0.3, -0.25) is 9.52 Å². The Balaban J connectivity index is 1.72. The van der Waals surface area contributed by atoms with Crippen molar-refractivity contribution in [3.05, 3.63) is 83.8 Å². The maximum atomic E-state index is 12.5. The van der Waals surface area contributed by atoms with Crippen LogP contribution >= 0.6 is 0 Å². The molecule has 0 bridgehead atoms. The van der Waals surface area contributed by atoms with Gasteiger partial charge in [0.2, 0.25) is 0 Å². The molecule has 0 saturated carbocycles. The molecule has 0 radical (unpaired) electrons. The predicted octanol–water partition coefficient (Wildman–Crippen LogP) is 3.32. The number of hydrogen-bond donors (Lipinski definition) is 2. The summed E-state index contributed by atoms with van der Waals surface area (Å²) >= 11 is 0. The van der Waals surface area contributed by atoms with Crippen molar-refractivity contribution in [1.82, 2.24) is 5.32 Å². The Kier molecular flexibility index (Phi) is 5.09. The first-order valence-corrected chi connectivity index (χ1v) is 9.42. The van der Waals surface area contributed by atoms with Crippen molar-refractivity contribution < 1.29 is 17.6 Å². The highest BCUT2D eigenvalue weighted by Gasteiger charge is 2.15. The van der Waals surface area contributed by atoms with Crippen LogP contribution in [0.4, 0.5) is 5.69 Å². The van der Waals surface area contributed by atoms with E-state index in [1.807, 2.05) is 6.92 Å². The van der Waals surface area contributed by atoms with E-state index in [-0.39, 0.29) is 17.3 Å². The minimum absolute atomic E-state index is 0.163. The van der Waals surface area contributed by atoms with Gasteiger partial charge in [0, 0.05) is 11.3 Å². The minimum Gasteiger partial charge on any atom is -0.467 e. The first-order chi connectivity index (χ1) is 12.4. The molecule has 3 rings (SSSR count). The molecule has 6 nitrogen and oxygen atoms in total. The maximum Gasteiger partial charge on any atom is 0.261 e. The molecule has 26 heavy (non-hydrogen) atoms. The molecule has 134 valence electrons. The summed E-state index contributed by atoms with van der Waals surface area (Å²) < 4.78 is 32.6. The van der Waals surface area contributed by atoms with Crippen molar-refractivity contribution in [2.45, 2.75) is 18.4 Å². The van der Waals surface area contributed by atoms with Crippen molar-refractivity contribution in [2.75, 3.05) is 4.72 Å². The van der Waals surface area contributed by atoms with Gasteiger partial charge in [-0.1, -0.05) is 23.8 Å². The fourth-order valence-corrected chi connectivity index (χ4v) is 3.39. The molecule has 0 unspecified atom stereocenters. The third-order valence-electron chi connectivity index (χ3n) is 3.71. The third-order valence-corrected chi connectivity index (χ3v) is 5.11. The van der Waals surface area contributed by atoms with Gasteiger partial charge in [0.05, 0.1) is 17.7 Å². The van der Waals surface area contributed by atoms with E-state index >= 15 is 0 Å². The van der Waals surface area contributed by atoms with E-state index in [0.717, 1.165) is 5.56 Å². The minimum atomic E-state index is -3.72. The zero-order valence-electron chi connectivity index (χ0n) is 14.1. The molecule has 2 aromatic carbocycles. The van der Waals surface area contributed by atoms with Crippen LogP contribution in [0.5, 0.6) is 0 Å². The predicted molar refractivity (Wildman–Crippen MR) is 98.3 cm³/mol. The summed E-state index contributed by atoms with van der Waals surface area (Å²) in [6, 6.07) is 16.3. The Hall–Kier alpha value is -3.06. The molecule has 0 aliphatic heterocycles. The van der Waals surface area contributed by atoms with Crippen LogP contribution in [0.1, 0.15) is 21.7 Å². The Labute approximate surface area is 151 Å². The van der Waals surface area contributed by atoms with Crippen LogP contribution in [-0.2, 0) is 16.6 Å². The molecule has 0 aliphatic rings. The second-order valence-corrected chi connectivity index (χ2v) is 7.44. The van der Waals surface area contributed by atoms with Crippen molar-refractivity contribution >= 4 is 21.6 Å². The highest BCUT2D eigenvalue weighted by atomic mass is 32.2. The average molecular weight is 370 g/mol. The maximum absolute atomic E-state index is 12.5. The van der Waals surface area contributed by atoms with Gasteiger partial charge < -0.3 is 9.73 Å². The van der Waals surface area contributed by atoms with Crippen molar-refractivity contribution in [3.63, 3.8) is 0 Å². The highest BCUT2D eigenvalue weighted by molar-refractivity contribution is 7.92. The summed E-state index contributed by atoms with van der Waals surface area (Å²) in [4.78, 5) is 12.4. The lowest BCUT2D eigenvalue weighted by atomic mass is 10.2. The average Bonchev–Trinajstić information content (AvgIpc) is 3.13. The second-order valence-electron chi connectivity index (χ2n) is 5.76. The summed E-state index contributed by atoms with van der Waals surface area (Å²) in [6.07, 6.45) is 1.53. The molecule has 2 N–H and O–H groups in total. The lowest BCUT2D eigenvalue weighted by molar-refractivity contribution is 0.0948. The van der Waals surface area contributed by atoms with Crippen molar-refractivity contribution in [2.24, 2.45) is 0 Å². The fraction of sp³-hybridized carbons (Fsp3) is 0.105. The van der Waals surface area contributed by atoms with E-state index in [9.17, 15) is 13.2 Å². The van der Waals surface area contributed by atoms with E-state index in [2.05, 4.69) is 10.0 Å². The van der Waals surface area contributed by atoms with Gasteiger partial charge in [0.1, 0.15) is 5.76 Å². The third kappa shape index (κ3) is 4.31. The topological polar surface area (TPSA) is 88.4 Å². The van der Waals surface area contributed by atoms with Gasteiger partial charge in [-0.2, -0.15) is 0 Å². The molecule has 0 spiro atoms. The Morgan fingerprint density at radius 3 is 2.50 bits per heavy atom. The summed E-state index contributed by atoms with van der Waals surface area (Å²) in [5, 5.41) is 2.72. The quantitative estimate of drug-likeness (QED) is 0.697. The molecule has 7 heteroatoms. The van der Waals surface area contributed by atoms with E-state index in [1.54, 1.807) is 42.5 Å². The summed E-state index contributed by atoms with van der Waals surface area (Å²) in [6.45, 7) is 2.14. The first kappa shape index (κ1) is 17.8. The SMILES string of the molecule is Cc1ccc(S(=O)(=O)Nc2cccc(C(=O)NCc3ccco3)c2)cc1. The molecular weight excluding hydrogens is 352 g/mol. The fourth-order valence-electron chi connectivity index (χ4n) is 2.34. The lowest BCUT2D eigenvalue weighted by Gasteiger charge is -2.10. The van der Waals surface area contributed by atoms with Crippen molar-refractivity contribution in [3.8, 4) is 0 Å². The lowest BCUT2D eigenvalue weighted by Crippen LogP contribution is -2.22. The molecule has 0 atom stereocenters. The zero-order chi connectivity index (χ0) is 18.6. The van der Waals surface area contributed by atoms with Crippen LogP contribution in [0.3, 0.4) is 0 Å². The number of benzene rings is 2. The van der Waals surface area contributed by atoms with Crippen LogP contribution in [-0.4, -0.2) is 14.3 Å². The van der Waals surface area contributed by atoms with Crippen LogP contribution in [0.15, 0.2) is 76.2 Å². The normalized spacial score (nSPS) is 11.1. The van der Waals surface area contributed by atoms with Crippen LogP contribution < -0.4 is 10.0 Å². The van der Waals surface area contributed by atoms with E-state index < -0.39 is 10.0 Å². The number of nitrogens with one attached hydrogen (secondary N) is 2. The number of hydrogen-bond acceptors (Lipinski definition) is 4. The van der Waals surface area contributed by atoms with E-state index in [0.29, 0.717) is 17.0 Å². The number of rotatable bonds is 6. The molecule has 3 aromatic rings. The molecular formula is C19H18N2O4S. The molecule has 1 aromatic heterocycles. The number of amides is 1. The van der Waals surface area contributed by atoms with E-state index in [4.69, 9.17) is 4.42 Å². The van der Waals surface area contributed by atoms with Crippen LogP contribution in [0.25, 0.3) is 0 Å². The molecule has 0 saturated heterocycles. The molecule has 0 fully saturated rings. The van der Waals surface area contributed by atoms with Crippen LogP contribution in [0, 0.1) is 6.92 Å². The number of furan rings is 1. The Morgan fingerprint density at radius 2 is 1.81 bits per heavy atom. The largest absolute Gasteiger partial charge is 0.467 e. The van der Waals surface area contributed by atoms with Gasteiger partial charge in [0.25, 0.3) is 15.9 Å². The zero-order valence-corrected chi connectivity index (χ0v) is 14.9. The number of carbonyl (C=O) groups is 1. The van der Waals surface area contributed by atoms with Gasteiger partial charge in [-0.25, -0.2) is 8.42 Å². The van der Waals surface area contributed by atoms with Crippen LogP contribution in [0.2, 0.25) is 0 Å². The highest BCUT2D eigenvalue weighted by Crippen LogP contribution is 2.18. The molecule has 0 aliphatic carbocycles. The van der Waals surface area contributed by atoms with Gasteiger partial charge >= 0.3 is 0 Å². The van der Waals surface area contributed by atoms with E-state index in [1.165, 1.54) is 24.5 Å². The molecule has 1 amide bonds. The summed E-state index contributed by atoms with van der Waals surface area (Å²) in [5.74, 6) is 0.312. The Bertz CT molecular complexity index is 994. The monoisotopic (exact) mass is 370 g/mol. The second kappa shape index (κ2) is 7.45. The summed E-state index contributed by atoms with van der Waals surface area (Å²) in [5.41, 5.74) is 1.64. The van der Waals surface area contributed by atoms with Gasteiger partial charge in [-0.05, 0) is 49.4 Å². The standard InChI is InChI=1S/C19H18N2O4S/c1-14-7-9-18(10-8-14)26(23,24)21-16-5-2-4-15(12-16)19(22)20-13-17-6-3-11-25-17/h2-12,21H,13H2,1H3,(H,20,22). The van der Waals surface area contributed by atoms with Gasteiger partial charge in [0.15, 0.2) is 0 Å². The Morgan fingerprint density at radius 1 is 1.04 bits per heavy atom. The number of sulfonamides is 1. The smallest absolute Gasteiger partial charge is 0.261 e.